The largest absolute Gasteiger partial charge is 0.311 e. The summed E-state index contributed by atoms with van der Waals surface area (Å²) in [6.07, 6.45) is 2.52. The van der Waals surface area contributed by atoms with Gasteiger partial charge >= 0.3 is 0 Å². The third-order valence-electron chi connectivity index (χ3n) is 3.10. The van der Waals surface area contributed by atoms with E-state index in [1.54, 1.807) is 0 Å². The second kappa shape index (κ2) is 1.97. The highest BCUT2D eigenvalue weighted by Gasteiger charge is 2.48. The van der Waals surface area contributed by atoms with Gasteiger partial charge in [0.05, 0.1) is 0 Å². The van der Waals surface area contributed by atoms with Crippen molar-refractivity contribution in [3.63, 3.8) is 0 Å². The molecule has 0 amide bonds. The molecule has 3 heteroatoms. The van der Waals surface area contributed by atoms with Crippen molar-refractivity contribution in [3.8, 4) is 0 Å². The number of hydrogen-bond donors (Lipinski definition) is 0. The topological polar surface area (TPSA) is 30.7 Å². The Morgan fingerprint density at radius 2 is 2.08 bits per heavy atom. The second-order valence-corrected chi connectivity index (χ2v) is 5.33. The summed E-state index contributed by atoms with van der Waals surface area (Å²) in [5.74, 6) is 3.28. The molecule has 2 heterocycles. The number of hydrogen-bond acceptors (Lipinski definition) is 2. The summed E-state index contributed by atoms with van der Waals surface area (Å²) in [6.45, 7) is 6.62. The summed E-state index contributed by atoms with van der Waals surface area (Å²) in [7, 11) is 0. The molecule has 2 aliphatic rings. The zero-order valence-electron chi connectivity index (χ0n) is 8.41. The molecule has 1 aliphatic heterocycles. The second-order valence-electron chi connectivity index (χ2n) is 5.33. The lowest BCUT2D eigenvalue weighted by Gasteiger charge is -2.18. The third-order valence-corrected chi connectivity index (χ3v) is 3.10. The molecule has 3 nitrogen and oxygen atoms in total. The van der Waals surface area contributed by atoms with E-state index in [4.69, 9.17) is 0 Å². The van der Waals surface area contributed by atoms with Crippen LogP contribution in [0.15, 0.2) is 0 Å². The van der Waals surface area contributed by atoms with Crippen LogP contribution in [-0.4, -0.2) is 14.8 Å². The number of nitrogens with zero attached hydrogens (tertiary/aromatic N) is 3. The number of rotatable bonds is 0. The van der Waals surface area contributed by atoms with Crippen LogP contribution in [-0.2, 0) is 11.8 Å². The van der Waals surface area contributed by atoms with Crippen LogP contribution in [0.1, 0.15) is 44.9 Å². The van der Waals surface area contributed by atoms with Crippen LogP contribution >= 0.6 is 0 Å². The zero-order valence-corrected chi connectivity index (χ0v) is 8.41. The predicted octanol–water partition coefficient (Wildman–Crippen LogP) is 1.69. The van der Waals surface area contributed by atoms with Crippen molar-refractivity contribution in [3.05, 3.63) is 11.6 Å². The van der Waals surface area contributed by atoms with E-state index in [-0.39, 0.29) is 5.41 Å². The minimum absolute atomic E-state index is 0.142. The van der Waals surface area contributed by atoms with E-state index in [1.807, 2.05) is 0 Å². The van der Waals surface area contributed by atoms with Crippen molar-refractivity contribution in [1.29, 1.82) is 0 Å². The van der Waals surface area contributed by atoms with Crippen LogP contribution < -0.4 is 0 Å². The fourth-order valence-corrected chi connectivity index (χ4v) is 2.32. The smallest absolute Gasteiger partial charge is 0.138 e. The van der Waals surface area contributed by atoms with Gasteiger partial charge in [-0.3, -0.25) is 0 Å². The summed E-state index contributed by atoms with van der Waals surface area (Å²) in [5, 5.41) is 8.56. The Hall–Kier alpha value is -0.860. The van der Waals surface area contributed by atoms with Gasteiger partial charge in [0.2, 0.25) is 0 Å². The minimum Gasteiger partial charge on any atom is -0.311 e. The fourth-order valence-electron chi connectivity index (χ4n) is 2.32. The molecule has 13 heavy (non-hydrogen) atoms. The standard InChI is InChI=1S/C10H15N3/c1-10(2,3)9-12-11-8-5-6-4-7(6)13(8)9/h6-7H,4-5H2,1-3H3. The van der Waals surface area contributed by atoms with Gasteiger partial charge < -0.3 is 4.57 Å². The van der Waals surface area contributed by atoms with Crippen LogP contribution in [0.2, 0.25) is 0 Å². The molecule has 0 N–H and O–H groups in total. The maximum absolute atomic E-state index is 4.30. The highest BCUT2D eigenvalue weighted by Crippen LogP contribution is 2.52. The van der Waals surface area contributed by atoms with Gasteiger partial charge in [-0.05, 0) is 12.3 Å². The minimum atomic E-state index is 0.142. The molecule has 0 radical (unpaired) electrons. The summed E-state index contributed by atoms with van der Waals surface area (Å²) in [5.41, 5.74) is 0.142. The normalized spacial score (nSPS) is 30.1. The van der Waals surface area contributed by atoms with Crippen LogP contribution in [0.3, 0.4) is 0 Å². The predicted molar refractivity (Wildman–Crippen MR) is 49.6 cm³/mol. The van der Waals surface area contributed by atoms with E-state index < -0.39 is 0 Å². The molecule has 0 bridgehead atoms. The molecule has 0 saturated heterocycles. The molecular weight excluding hydrogens is 162 g/mol. The lowest BCUT2D eigenvalue weighted by atomic mass is 9.96. The molecule has 1 saturated carbocycles. The summed E-state index contributed by atoms with van der Waals surface area (Å²) < 4.78 is 2.38. The first-order valence-electron chi connectivity index (χ1n) is 5.01. The van der Waals surface area contributed by atoms with E-state index in [9.17, 15) is 0 Å². The summed E-state index contributed by atoms with van der Waals surface area (Å²) in [6, 6.07) is 0.749. The SMILES string of the molecule is CC(C)(C)c1nnc2n1C1CC1C2. The molecule has 0 aromatic carbocycles. The molecule has 70 valence electrons. The molecule has 2 atom stereocenters. The van der Waals surface area contributed by atoms with Crippen molar-refractivity contribution >= 4 is 0 Å². The van der Waals surface area contributed by atoms with Gasteiger partial charge in [-0.15, -0.1) is 10.2 Å². The van der Waals surface area contributed by atoms with Gasteiger partial charge in [0.1, 0.15) is 11.6 Å². The highest BCUT2D eigenvalue weighted by molar-refractivity contribution is 5.18. The summed E-state index contributed by atoms with van der Waals surface area (Å²) in [4.78, 5) is 0. The first-order chi connectivity index (χ1) is 6.07. The van der Waals surface area contributed by atoms with Crippen molar-refractivity contribution in [2.75, 3.05) is 0 Å². The Bertz CT molecular complexity index is 359. The lowest BCUT2D eigenvalue weighted by molar-refractivity contribution is 0.501. The first kappa shape index (κ1) is 7.54. The molecule has 0 spiro atoms. The molecule has 1 aliphatic carbocycles. The van der Waals surface area contributed by atoms with Gasteiger partial charge in [-0.1, -0.05) is 20.8 Å². The van der Waals surface area contributed by atoms with Gasteiger partial charge in [0.25, 0.3) is 0 Å². The molecular formula is C10H15N3. The molecule has 2 unspecified atom stereocenters. The Balaban J connectivity index is 2.13. The van der Waals surface area contributed by atoms with E-state index in [0.29, 0.717) is 0 Å². The van der Waals surface area contributed by atoms with Crippen LogP contribution in [0.4, 0.5) is 0 Å². The number of aromatic nitrogens is 3. The quantitative estimate of drug-likeness (QED) is 0.603. The molecule has 1 fully saturated rings. The lowest BCUT2D eigenvalue weighted by Crippen LogP contribution is -2.18. The molecule has 1 aromatic rings. The van der Waals surface area contributed by atoms with Crippen molar-refractivity contribution < 1.29 is 0 Å². The van der Waals surface area contributed by atoms with Gasteiger partial charge in [0.15, 0.2) is 0 Å². The van der Waals surface area contributed by atoms with Crippen LogP contribution in [0, 0.1) is 5.92 Å². The molecule has 3 rings (SSSR count). The van der Waals surface area contributed by atoms with E-state index >= 15 is 0 Å². The van der Waals surface area contributed by atoms with E-state index in [0.717, 1.165) is 18.4 Å². The Labute approximate surface area is 78.2 Å². The maximum atomic E-state index is 4.30. The van der Waals surface area contributed by atoms with Crippen LogP contribution in [0.25, 0.3) is 0 Å². The average molecular weight is 177 g/mol. The Morgan fingerprint density at radius 3 is 2.77 bits per heavy atom. The van der Waals surface area contributed by atoms with Crippen molar-refractivity contribution in [2.24, 2.45) is 5.92 Å². The monoisotopic (exact) mass is 177 g/mol. The number of fused-ring (bicyclic) bond motifs is 3. The van der Waals surface area contributed by atoms with Crippen molar-refractivity contribution in [1.82, 2.24) is 14.8 Å². The fraction of sp³-hybridized carbons (Fsp3) is 0.800. The Kier molecular flexibility index (Phi) is 1.14. The van der Waals surface area contributed by atoms with E-state index in [2.05, 4.69) is 35.5 Å². The Morgan fingerprint density at radius 1 is 1.31 bits per heavy atom. The van der Waals surface area contributed by atoms with Gasteiger partial charge in [0, 0.05) is 17.9 Å². The van der Waals surface area contributed by atoms with Crippen molar-refractivity contribution in [2.45, 2.75) is 45.1 Å². The third kappa shape index (κ3) is 0.901. The zero-order chi connectivity index (χ0) is 9.22. The highest BCUT2D eigenvalue weighted by atomic mass is 15.3. The summed E-state index contributed by atoms with van der Waals surface area (Å²) >= 11 is 0. The first-order valence-corrected chi connectivity index (χ1v) is 5.01. The average Bonchev–Trinajstić information content (AvgIpc) is 2.51. The maximum Gasteiger partial charge on any atom is 0.138 e. The van der Waals surface area contributed by atoms with Gasteiger partial charge in [-0.2, -0.15) is 0 Å². The molecule has 1 aromatic heterocycles. The van der Waals surface area contributed by atoms with Gasteiger partial charge in [-0.25, -0.2) is 0 Å². The van der Waals surface area contributed by atoms with E-state index in [1.165, 1.54) is 18.1 Å². The van der Waals surface area contributed by atoms with Crippen LogP contribution in [0.5, 0.6) is 0 Å².